The zero-order chi connectivity index (χ0) is 9.35. The smallest absolute Gasteiger partial charge is 0.114 e. The van der Waals surface area contributed by atoms with E-state index in [0.29, 0.717) is 0 Å². The Hall–Kier alpha value is -0.920. The molecule has 0 aliphatic carbocycles. The Kier molecular flexibility index (Phi) is 2.18. The minimum Gasteiger partial charge on any atom is -0.467 e. The summed E-state index contributed by atoms with van der Waals surface area (Å²) in [6.45, 7) is 6.43. The molecule has 0 bridgehead atoms. The molecular formula is C10H17NO. The van der Waals surface area contributed by atoms with Crippen molar-refractivity contribution >= 4 is 5.69 Å². The van der Waals surface area contributed by atoms with Gasteiger partial charge in [-0.2, -0.15) is 0 Å². The van der Waals surface area contributed by atoms with Gasteiger partial charge < -0.3 is 9.32 Å². The first-order valence-corrected chi connectivity index (χ1v) is 4.17. The number of nitrogens with zero attached hydrogens (tertiary/aromatic N) is 1. The highest BCUT2D eigenvalue weighted by Crippen LogP contribution is 2.27. The second kappa shape index (κ2) is 2.85. The van der Waals surface area contributed by atoms with Crippen molar-refractivity contribution < 1.29 is 4.42 Å². The first kappa shape index (κ1) is 9.17. The predicted molar refractivity (Wildman–Crippen MR) is 51.7 cm³/mol. The van der Waals surface area contributed by atoms with Crippen LogP contribution in [-0.2, 0) is 5.41 Å². The second-order valence-corrected chi connectivity index (χ2v) is 4.31. The molecule has 0 aromatic carbocycles. The van der Waals surface area contributed by atoms with Crippen molar-refractivity contribution in [3.8, 4) is 0 Å². The SMILES string of the molecule is CN(C)c1coc(C(C)(C)C)c1. The van der Waals surface area contributed by atoms with Gasteiger partial charge in [-0.25, -0.2) is 0 Å². The standard InChI is InChI=1S/C10H17NO/c1-10(2,3)9-6-8(7-12-9)11(4)5/h6-7H,1-5H3. The Morgan fingerprint density at radius 3 is 2.08 bits per heavy atom. The van der Waals surface area contributed by atoms with Crippen LogP contribution in [0.5, 0.6) is 0 Å². The molecule has 2 nitrogen and oxygen atoms in total. The van der Waals surface area contributed by atoms with E-state index in [-0.39, 0.29) is 5.41 Å². The normalized spacial score (nSPS) is 11.8. The molecule has 1 aromatic heterocycles. The summed E-state index contributed by atoms with van der Waals surface area (Å²) in [5, 5.41) is 0. The van der Waals surface area contributed by atoms with Gasteiger partial charge in [0, 0.05) is 25.6 Å². The molecule has 0 saturated heterocycles. The topological polar surface area (TPSA) is 16.4 Å². The molecule has 0 unspecified atom stereocenters. The molecule has 2 heteroatoms. The van der Waals surface area contributed by atoms with Crippen molar-refractivity contribution in [3.63, 3.8) is 0 Å². The molecule has 0 saturated carbocycles. The summed E-state index contributed by atoms with van der Waals surface area (Å²) in [5.41, 5.74) is 1.23. The zero-order valence-electron chi connectivity index (χ0n) is 8.51. The molecule has 1 rings (SSSR count). The molecular weight excluding hydrogens is 150 g/mol. The maximum Gasteiger partial charge on any atom is 0.114 e. The molecule has 0 aliphatic rings. The number of hydrogen-bond donors (Lipinski definition) is 0. The van der Waals surface area contributed by atoms with Crippen molar-refractivity contribution in [1.29, 1.82) is 0 Å². The number of rotatable bonds is 1. The summed E-state index contributed by atoms with van der Waals surface area (Å²) < 4.78 is 5.45. The summed E-state index contributed by atoms with van der Waals surface area (Å²) in [6, 6.07) is 2.08. The fourth-order valence-electron chi connectivity index (χ4n) is 0.954. The molecule has 1 aromatic rings. The van der Waals surface area contributed by atoms with Crippen LogP contribution in [0.4, 0.5) is 5.69 Å². The Balaban J connectivity index is 2.92. The van der Waals surface area contributed by atoms with Gasteiger partial charge in [-0.05, 0) is 0 Å². The Morgan fingerprint density at radius 1 is 1.25 bits per heavy atom. The van der Waals surface area contributed by atoms with Gasteiger partial charge in [0.1, 0.15) is 12.0 Å². The van der Waals surface area contributed by atoms with Crippen LogP contribution in [0.3, 0.4) is 0 Å². The van der Waals surface area contributed by atoms with Crippen LogP contribution in [0, 0.1) is 0 Å². The molecule has 0 atom stereocenters. The van der Waals surface area contributed by atoms with Crippen LogP contribution in [0.25, 0.3) is 0 Å². The van der Waals surface area contributed by atoms with Crippen LogP contribution in [0.15, 0.2) is 16.7 Å². The summed E-state index contributed by atoms with van der Waals surface area (Å²) in [7, 11) is 4.02. The predicted octanol–water partition coefficient (Wildman–Crippen LogP) is 2.64. The third-order valence-electron chi connectivity index (χ3n) is 1.84. The quantitative estimate of drug-likeness (QED) is 0.639. The Labute approximate surface area is 74.2 Å². The minimum absolute atomic E-state index is 0.105. The van der Waals surface area contributed by atoms with E-state index in [1.165, 1.54) is 0 Å². The van der Waals surface area contributed by atoms with E-state index in [1.54, 1.807) is 6.26 Å². The molecule has 12 heavy (non-hydrogen) atoms. The molecule has 0 aliphatic heterocycles. The largest absolute Gasteiger partial charge is 0.467 e. The maximum atomic E-state index is 5.45. The average molecular weight is 167 g/mol. The second-order valence-electron chi connectivity index (χ2n) is 4.31. The number of furan rings is 1. The van der Waals surface area contributed by atoms with Gasteiger partial charge in [-0.15, -0.1) is 0 Å². The average Bonchev–Trinajstić information content (AvgIpc) is 2.30. The third-order valence-corrected chi connectivity index (χ3v) is 1.84. The fraction of sp³-hybridized carbons (Fsp3) is 0.600. The summed E-state index contributed by atoms with van der Waals surface area (Å²) in [6.07, 6.45) is 1.79. The molecule has 0 radical (unpaired) electrons. The van der Waals surface area contributed by atoms with E-state index in [4.69, 9.17) is 4.42 Å². The first-order valence-electron chi connectivity index (χ1n) is 4.17. The highest BCUT2D eigenvalue weighted by Gasteiger charge is 2.18. The van der Waals surface area contributed by atoms with E-state index >= 15 is 0 Å². The minimum atomic E-state index is 0.105. The molecule has 1 heterocycles. The monoisotopic (exact) mass is 167 g/mol. The molecule has 0 N–H and O–H groups in total. The van der Waals surface area contributed by atoms with Crippen molar-refractivity contribution in [2.75, 3.05) is 19.0 Å². The van der Waals surface area contributed by atoms with E-state index < -0.39 is 0 Å². The maximum absolute atomic E-state index is 5.45. The molecule has 0 fully saturated rings. The van der Waals surface area contributed by atoms with Crippen molar-refractivity contribution in [2.45, 2.75) is 26.2 Å². The van der Waals surface area contributed by atoms with Crippen LogP contribution < -0.4 is 4.90 Å². The van der Waals surface area contributed by atoms with E-state index in [9.17, 15) is 0 Å². The molecule has 0 amide bonds. The Morgan fingerprint density at radius 2 is 1.83 bits per heavy atom. The van der Waals surface area contributed by atoms with E-state index in [0.717, 1.165) is 11.4 Å². The van der Waals surface area contributed by atoms with Gasteiger partial charge >= 0.3 is 0 Å². The van der Waals surface area contributed by atoms with E-state index in [2.05, 4.69) is 26.8 Å². The summed E-state index contributed by atoms with van der Waals surface area (Å²) in [5.74, 6) is 1.03. The van der Waals surface area contributed by atoms with Crippen LogP contribution in [0.2, 0.25) is 0 Å². The van der Waals surface area contributed by atoms with Crippen molar-refractivity contribution in [1.82, 2.24) is 0 Å². The van der Waals surface area contributed by atoms with Crippen LogP contribution in [-0.4, -0.2) is 14.1 Å². The fourth-order valence-corrected chi connectivity index (χ4v) is 0.954. The number of anilines is 1. The van der Waals surface area contributed by atoms with Crippen LogP contribution in [0.1, 0.15) is 26.5 Å². The summed E-state index contributed by atoms with van der Waals surface area (Å²) >= 11 is 0. The van der Waals surface area contributed by atoms with Gasteiger partial charge in [-0.1, -0.05) is 20.8 Å². The lowest BCUT2D eigenvalue weighted by Crippen LogP contribution is -2.10. The van der Waals surface area contributed by atoms with E-state index in [1.807, 2.05) is 19.0 Å². The number of hydrogen-bond acceptors (Lipinski definition) is 2. The van der Waals surface area contributed by atoms with Crippen molar-refractivity contribution in [3.05, 3.63) is 18.1 Å². The highest BCUT2D eigenvalue weighted by molar-refractivity contribution is 5.44. The van der Waals surface area contributed by atoms with Gasteiger partial charge in [-0.3, -0.25) is 0 Å². The van der Waals surface area contributed by atoms with Crippen LogP contribution >= 0.6 is 0 Å². The van der Waals surface area contributed by atoms with Crippen molar-refractivity contribution in [2.24, 2.45) is 0 Å². The lowest BCUT2D eigenvalue weighted by Gasteiger charge is -2.14. The zero-order valence-corrected chi connectivity index (χ0v) is 8.51. The third kappa shape index (κ3) is 1.81. The molecule has 0 spiro atoms. The molecule has 68 valence electrons. The van der Waals surface area contributed by atoms with Gasteiger partial charge in [0.25, 0.3) is 0 Å². The lowest BCUT2D eigenvalue weighted by molar-refractivity contribution is 0.409. The lowest BCUT2D eigenvalue weighted by atomic mass is 9.93. The van der Waals surface area contributed by atoms with Gasteiger partial charge in [0.2, 0.25) is 0 Å². The van der Waals surface area contributed by atoms with Gasteiger partial charge in [0.15, 0.2) is 0 Å². The Bertz CT molecular complexity index is 255. The van der Waals surface area contributed by atoms with Gasteiger partial charge in [0.05, 0.1) is 5.69 Å². The summed E-state index contributed by atoms with van der Waals surface area (Å²) in [4.78, 5) is 2.04. The first-order chi connectivity index (χ1) is 5.41. The highest BCUT2D eigenvalue weighted by atomic mass is 16.3.